The molecule has 0 unspecified atom stereocenters. The minimum Gasteiger partial charge on any atom is -0.497 e. The normalized spacial score (nSPS) is 12.8. The van der Waals surface area contributed by atoms with Gasteiger partial charge in [-0.25, -0.2) is 4.99 Å². The average Bonchev–Trinajstić information content (AvgIpc) is 3.02. The highest BCUT2D eigenvalue weighted by molar-refractivity contribution is 8.14. The van der Waals surface area contributed by atoms with E-state index in [0.717, 1.165) is 45.6 Å². The monoisotopic (exact) mass is 443 g/mol. The van der Waals surface area contributed by atoms with E-state index in [1.54, 1.807) is 7.11 Å². The smallest absolute Gasteiger partial charge is 0.234 e. The molecule has 0 bridgehead atoms. The molecule has 1 amide bonds. The molecule has 32 heavy (non-hydrogen) atoms. The maximum Gasteiger partial charge on any atom is 0.234 e. The van der Waals surface area contributed by atoms with Crippen LogP contribution in [-0.4, -0.2) is 29.5 Å². The van der Waals surface area contributed by atoms with Gasteiger partial charge in [-0.1, -0.05) is 31.2 Å². The van der Waals surface area contributed by atoms with Crippen LogP contribution in [0.2, 0.25) is 0 Å². The van der Waals surface area contributed by atoms with Crippen LogP contribution in [0.15, 0.2) is 82.8 Å². The summed E-state index contributed by atoms with van der Waals surface area (Å²) < 4.78 is 5.27. The topological polar surface area (TPSA) is 63.0 Å². The number of fused-ring (bicyclic) bond motifs is 1. The quantitative estimate of drug-likeness (QED) is 0.494. The van der Waals surface area contributed by atoms with Crippen molar-refractivity contribution in [1.82, 2.24) is 0 Å². The van der Waals surface area contributed by atoms with Crippen molar-refractivity contribution in [3.63, 3.8) is 0 Å². The molecular weight excluding hydrogens is 418 g/mol. The van der Waals surface area contributed by atoms with Gasteiger partial charge in [-0.15, -0.1) is 11.8 Å². The Morgan fingerprint density at radius 1 is 1.00 bits per heavy atom. The van der Waals surface area contributed by atoms with Gasteiger partial charge < -0.3 is 10.1 Å². The van der Waals surface area contributed by atoms with Crippen LogP contribution in [0, 0.1) is 0 Å². The summed E-state index contributed by atoms with van der Waals surface area (Å²) in [6.45, 7) is 2.10. The number of para-hydroxylation sites is 2. The standard InChI is InChI=1S/C26H25N3O2S/c1-3-18-7-6-8-20(15-18)27-25(30)17-32-26-16-24(19-11-13-21(31-2)14-12-19)28-22-9-4-5-10-23(22)29-26/h4-15H,3,16-17H2,1-2H3,(H,27,30). The zero-order valence-corrected chi connectivity index (χ0v) is 19.0. The Bertz CT molecular complexity index is 1170. The van der Waals surface area contributed by atoms with Gasteiger partial charge in [0.2, 0.25) is 5.91 Å². The van der Waals surface area contributed by atoms with Crippen LogP contribution in [0.25, 0.3) is 0 Å². The Kier molecular flexibility index (Phi) is 7.02. The summed E-state index contributed by atoms with van der Waals surface area (Å²) >= 11 is 1.45. The molecule has 0 fully saturated rings. The van der Waals surface area contributed by atoms with E-state index in [-0.39, 0.29) is 11.7 Å². The van der Waals surface area contributed by atoms with Crippen LogP contribution in [0.4, 0.5) is 17.1 Å². The molecule has 3 aromatic carbocycles. The molecule has 162 valence electrons. The van der Waals surface area contributed by atoms with E-state index < -0.39 is 0 Å². The lowest BCUT2D eigenvalue weighted by molar-refractivity contribution is -0.113. The third-order valence-corrected chi connectivity index (χ3v) is 6.09. The SMILES string of the molecule is CCc1cccc(NC(=O)CSC2=Nc3ccccc3N=C(c3ccc(OC)cc3)C2)c1. The van der Waals surface area contributed by atoms with E-state index in [0.29, 0.717) is 6.42 Å². The van der Waals surface area contributed by atoms with E-state index in [9.17, 15) is 4.79 Å². The Balaban J connectivity index is 1.51. The molecule has 0 spiro atoms. The van der Waals surface area contributed by atoms with Crippen molar-refractivity contribution < 1.29 is 9.53 Å². The number of ether oxygens (including phenoxy) is 1. The van der Waals surface area contributed by atoms with E-state index in [2.05, 4.69) is 18.3 Å². The largest absolute Gasteiger partial charge is 0.497 e. The predicted octanol–water partition coefficient (Wildman–Crippen LogP) is 6.18. The molecule has 6 heteroatoms. The molecule has 1 aliphatic heterocycles. The van der Waals surface area contributed by atoms with Gasteiger partial charge in [0.15, 0.2) is 0 Å². The van der Waals surface area contributed by atoms with Crippen molar-refractivity contribution in [1.29, 1.82) is 0 Å². The molecule has 1 aliphatic rings. The molecule has 3 aromatic rings. The van der Waals surface area contributed by atoms with Gasteiger partial charge in [0.25, 0.3) is 0 Å². The molecule has 0 saturated heterocycles. The molecule has 1 N–H and O–H groups in total. The van der Waals surface area contributed by atoms with Crippen LogP contribution in [0.3, 0.4) is 0 Å². The fourth-order valence-corrected chi connectivity index (χ4v) is 4.18. The lowest BCUT2D eigenvalue weighted by atomic mass is 10.1. The van der Waals surface area contributed by atoms with E-state index in [4.69, 9.17) is 14.7 Å². The number of benzene rings is 3. The first-order chi connectivity index (χ1) is 15.6. The molecule has 4 rings (SSSR count). The summed E-state index contributed by atoms with van der Waals surface area (Å²) in [4.78, 5) is 22.3. The number of aryl methyl sites for hydroxylation is 1. The molecule has 0 atom stereocenters. The van der Waals surface area contributed by atoms with Gasteiger partial charge in [0.05, 0.1) is 35.0 Å². The fourth-order valence-electron chi connectivity index (χ4n) is 3.40. The highest BCUT2D eigenvalue weighted by Crippen LogP contribution is 2.33. The summed E-state index contributed by atoms with van der Waals surface area (Å²) in [5.74, 6) is 1.04. The fraction of sp³-hybridized carbons (Fsp3) is 0.192. The van der Waals surface area contributed by atoms with Gasteiger partial charge in [-0.3, -0.25) is 9.79 Å². The zero-order chi connectivity index (χ0) is 22.3. The van der Waals surface area contributed by atoms with Gasteiger partial charge in [-0.2, -0.15) is 0 Å². The predicted molar refractivity (Wildman–Crippen MR) is 134 cm³/mol. The number of hydrogen-bond acceptors (Lipinski definition) is 5. The minimum absolute atomic E-state index is 0.0496. The van der Waals surface area contributed by atoms with Crippen molar-refractivity contribution in [2.45, 2.75) is 19.8 Å². The summed E-state index contributed by atoms with van der Waals surface area (Å²) in [6.07, 6.45) is 1.49. The Morgan fingerprint density at radius 3 is 2.47 bits per heavy atom. The number of amides is 1. The number of carbonyl (C=O) groups is 1. The van der Waals surface area contributed by atoms with Crippen molar-refractivity contribution in [3.05, 3.63) is 83.9 Å². The van der Waals surface area contributed by atoms with E-state index in [1.807, 2.05) is 66.7 Å². The maximum atomic E-state index is 12.6. The summed E-state index contributed by atoms with van der Waals surface area (Å²) in [5, 5.41) is 3.85. The second-order valence-electron chi connectivity index (χ2n) is 7.35. The number of thioether (sulfide) groups is 1. The Labute approximate surface area is 192 Å². The molecule has 1 heterocycles. The van der Waals surface area contributed by atoms with Crippen molar-refractivity contribution in [2.24, 2.45) is 9.98 Å². The number of nitrogens with one attached hydrogen (secondary N) is 1. The third-order valence-electron chi connectivity index (χ3n) is 5.11. The number of rotatable bonds is 6. The van der Waals surface area contributed by atoms with Crippen LogP contribution < -0.4 is 10.1 Å². The Hall–Kier alpha value is -3.38. The van der Waals surface area contributed by atoms with Crippen molar-refractivity contribution >= 4 is 45.5 Å². The lowest BCUT2D eigenvalue weighted by Gasteiger charge is -2.09. The second kappa shape index (κ2) is 10.3. The molecule has 0 aliphatic carbocycles. The van der Waals surface area contributed by atoms with Gasteiger partial charge in [0, 0.05) is 12.1 Å². The number of aliphatic imine (C=N–C) groups is 2. The average molecular weight is 444 g/mol. The van der Waals surface area contributed by atoms with Crippen LogP contribution >= 0.6 is 11.8 Å². The van der Waals surface area contributed by atoms with Gasteiger partial charge in [0.1, 0.15) is 5.75 Å². The van der Waals surface area contributed by atoms with Crippen LogP contribution in [-0.2, 0) is 11.2 Å². The summed E-state index contributed by atoms with van der Waals surface area (Å²) in [7, 11) is 1.65. The summed E-state index contributed by atoms with van der Waals surface area (Å²) in [5.41, 5.74) is 5.59. The first kappa shape index (κ1) is 21.8. The Morgan fingerprint density at radius 2 is 1.75 bits per heavy atom. The molecule has 5 nitrogen and oxygen atoms in total. The summed E-state index contributed by atoms with van der Waals surface area (Å²) in [6, 6.07) is 23.6. The first-order valence-corrected chi connectivity index (χ1v) is 11.5. The van der Waals surface area contributed by atoms with Crippen LogP contribution in [0.5, 0.6) is 5.75 Å². The van der Waals surface area contributed by atoms with E-state index in [1.165, 1.54) is 17.3 Å². The second-order valence-corrected chi connectivity index (χ2v) is 8.40. The molecular formula is C26H25N3O2S. The number of anilines is 1. The number of nitrogens with zero attached hydrogens (tertiary/aromatic N) is 2. The van der Waals surface area contributed by atoms with E-state index >= 15 is 0 Å². The van der Waals surface area contributed by atoms with Gasteiger partial charge in [-0.05, 0) is 66.1 Å². The number of hydrogen-bond donors (Lipinski definition) is 1. The maximum absolute atomic E-state index is 12.6. The molecule has 0 radical (unpaired) electrons. The van der Waals surface area contributed by atoms with Crippen molar-refractivity contribution in [2.75, 3.05) is 18.2 Å². The lowest BCUT2D eigenvalue weighted by Crippen LogP contribution is -2.16. The third kappa shape index (κ3) is 5.45. The number of methoxy groups -OCH3 is 1. The molecule has 0 aromatic heterocycles. The highest BCUT2D eigenvalue weighted by Gasteiger charge is 2.17. The first-order valence-electron chi connectivity index (χ1n) is 10.5. The zero-order valence-electron chi connectivity index (χ0n) is 18.2. The minimum atomic E-state index is -0.0496. The van der Waals surface area contributed by atoms with Crippen molar-refractivity contribution in [3.8, 4) is 5.75 Å². The molecule has 0 saturated carbocycles. The number of carbonyl (C=O) groups excluding carboxylic acids is 1. The van der Waals surface area contributed by atoms with Crippen LogP contribution in [0.1, 0.15) is 24.5 Å². The van der Waals surface area contributed by atoms with Gasteiger partial charge >= 0.3 is 0 Å². The highest BCUT2D eigenvalue weighted by atomic mass is 32.2.